The first kappa shape index (κ1) is 28.7. The maximum Gasteiger partial charge on any atom is 0.300 e. The molecule has 0 bridgehead atoms. The number of anilines is 1. The number of hydrogen-bond acceptors (Lipinski definition) is 9. The van der Waals surface area contributed by atoms with Gasteiger partial charge in [0.25, 0.3) is 11.7 Å². The quantitative estimate of drug-likeness (QED) is 0.203. The number of amides is 1. The third-order valence-electron chi connectivity index (χ3n) is 6.38. The second kappa shape index (κ2) is 11.4. The number of phenols is 1. The zero-order chi connectivity index (χ0) is 29.3. The lowest BCUT2D eigenvalue weighted by Gasteiger charge is -2.27. The summed E-state index contributed by atoms with van der Waals surface area (Å²) in [6.07, 6.45) is 0. The van der Waals surface area contributed by atoms with Crippen molar-refractivity contribution in [3.63, 3.8) is 0 Å². The van der Waals surface area contributed by atoms with Crippen molar-refractivity contribution < 1.29 is 43.5 Å². The van der Waals surface area contributed by atoms with Gasteiger partial charge in [-0.15, -0.1) is 0 Å². The maximum absolute atomic E-state index is 13.6. The number of phenolic OH excluding ortho intramolecular Hbond substituents is 1. The van der Waals surface area contributed by atoms with Gasteiger partial charge in [-0.1, -0.05) is 35.3 Å². The fourth-order valence-electron chi connectivity index (χ4n) is 4.62. The Morgan fingerprint density at radius 1 is 0.825 bits per heavy atom. The van der Waals surface area contributed by atoms with Gasteiger partial charge < -0.3 is 33.9 Å². The predicted octanol–water partition coefficient (Wildman–Crippen LogP) is 5.37. The molecule has 2 N–H and O–H groups in total. The van der Waals surface area contributed by atoms with Crippen molar-refractivity contribution in [1.82, 2.24) is 0 Å². The van der Waals surface area contributed by atoms with E-state index < -0.39 is 23.5 Å². The van der Waals surface area contributed by atoms with Crippen LogP contribution in [-0.2, 0) is 9.59 Å². The van der Waals surface area contributed by atoms with Crippen LogP contribution < -0.4 is 28.6 Å². The number of benzene rings is 3. The molecule has 10 nitrogen and oxygen atoms in total. The summed E-state index contributed by atoms with van der Waals surface area (Å²) in [7, 11) is 6.91. The predicted molar refractivity (Wildman–Crippen MR) is 149 cm³/mol. The van der Waals surface area contributed by atoms with Gasteiger partial charge in [-0.05, 0) is 35.9 Å². The number of aliphatic hydroxyl groups excluding tert-OH is 1. The SMILES string of the molecule is COc1cc(C2/C(=C(\O)c3cc(Cl)c(OC)c(Cl)c3OC)C(=O)C(=O)N2c2ccccc2O)cc(OC)c1OC. The summed E-state index contributed by atoms with van der Waals surface area (Å²) in [5.41, 5.74) is -0.0764. The lowest BCUT2D eigenvalue weighted by Crippen LogP contribution is -2.29. The van der Waals surface area contributed by atoms with Crippen LogP contribution in [0.3, 0.4) is 0 Å². The van der Waals surface area contributed by atoms with Crippen molar-refractivity contribution in [2.45, 2.75) is 6.04 Å². The molecule has 1 saturated heterocycles. The van der Waals surface area contributed by atoms with E-state index in [1.54, 1.807) is 12.1 Å². The number of aliphatic hydroxyl groups is 1. The van der Waals surface area contributed by atoms with E-state index in [9.17, 15) is 19.8 Å². The average molecular weight is 590 g/mol. The lowest BCUT2D eigenvalue weighted by atomic mass is 9.94. The minimum absolute atomic E-state index is 0.0223. The molecule has 1 aliphatic heterocycles. The van der Waals surface area contributed by atoms with E-state index in [4.69, 9.17) is 46.9 Å². The van der Waals surface area contributed by atoms with Gasteiger partial charge in [0.1, 0.15) is 16.5 Å². The summed E-state index contributed by atoms with van der Waals surface area (Å²) >= 11 is 12.8. The number of halogens is 2. The average Bonchev–Trinajstić information content (AvgIpc) is 3.21. The summed E-state index contributed by atoms with van der Waals surface area (Å²) in [6, 6.07) is 9.09. The Balaban J connectivity index is 2.10. The molecule has 0 radical (unpaired) electrons. The summed E-state index contributed by atoms with van der Waals surface area (Å²) in [5, 5.41) is 22.3. The molecular formula is C28H25Cl2NO9. The molecule has 1 fully saturated rings. The highest BCUT2D eigenvalue weighted by Gasteiger charge is 2.48. The van der Waals surface area contributed by atoms with Gasteiger partial charge in [-0.3, -0.25) is 14.5 Å². The third-order valence-corrected chi connectivity index (χ3v) is 7.01. The van der Waals surface area contributed by atoms with Crippen LogP contribution in [0.1, 0.15) is 17.2 Å². The number of ketones is 1. The summed E-state index contributed by atoms with van der Waals surface area (Å²) in [6.45, 7) is 0. The molecular weight excluding hydrogens is 565 g/mol. The topological polar surface area (TPSA) is 124 Å². The van der Waals surface area contributed by atoms with Crippen molar-refractivity contribution >= 4 is 46.3 Å². The first-order valence-electron chi connectivity index (χ1n) is 11.6. The van der Waals surface area contributed by atoms with Crippen molar-refractivity contribution in [1.29, 1.82) is 0 Å². The molecule has 0 saturated carbocycles. The maximum atomic E-state index is 13.6. The monoisotopic (exact) mass is 589 g/mol. The molecule has 1 aliphatic rings. The molecule has 0 spiro atoms. The molecule has 3 aromatic carbocycles. The van der Waals surface area contributed by atoms with Crippen molar-refractivity contribution in [3.05, 3.63) is 69.2 Å². The van der Waals surface area contributed by atoms with Gasteiger partial charge in [0, 0.05) is 0 Å². The largest absolute Gasteiger partial charge is 0.507 e. The minimum Gasteiger partial charge on any atom is -0.507 e. The number of hydrogen-bond donors (Lipinski definition) is 2. The number of rotatable bonds is 8. The fraction of sp³-hybridized carbons (Fsp3) is 0.214. The third kappa shape index (κ3) is 4.59. The van der Waals surface area contributed by atoms with Crippen LogP contribution in [0.5, 0.6) is 34.5 Å². The summed E-state index contributed by atoms with van der Waals surface area (Å²) < 4.78 is 27.0. The van der Waals surface area contributed by atoms with E-state index in [1.165, 1.54) is 65.9 Å². The van der Waals surface area contributed by atoms with E-state index in [-0.39, 0.29) is 61.4 Å². The molecule has 3 aromatic rings. The van der Waals surface area contributed by atoms with Crippen molar-refractivity contribution in [2.75, 3.05) is 40.4 Å². The minimum atomic E-state index is -1.27. The van der Waals surface area contributed by atoms with Crippen LogP contribution in [0.4, 0.5) is 5.69 Å². The van der Waals surface area contributed by atoms with Crippen LogP contribution in [0.15, 0.2) is 48.0 Å². The molecule has 12 heteroatoms. The molecule has 0 aromatic heterocycles. The Hall–Kier alpha value is -4.28. The Kier molecular flexibility index (Phi) is 8.22. The zero-order valence-corrected chi connectivity index (χ0v) is 23.6. The number of methoxy groups -OCH3 is 5. The van der Waals surface area contributed by atoms with Gasteiger partial charge in [-0.2, -0.15) is 0 Å². The molecule has 1 heterocycles. The number of aromatic hydroxyl groups is 1. The van der Waals surface area contributed by atoms with Gasteiger partial charge in [-0.25, -0.2) is 0 Å². The van der Waals surface area contributed by atoms with Crippen LogP contribution >= 0.6 is 23.2 Å². The number of para-hydroxylation sites is 2. The normalized spacial score (nSPS) is 16.2. The van der Waals surface area contributed by atoms with Crippen LogP contribution in [0, 0.1) is 0 Å². The summed E-state index contributed by atoms with van der Waals surface area (Å²) in [4.78, 5) is 28.2. The highest BCUT2D eigenvalue weighted by Crippen LogP contribution is 2.50. The number of Topliss-reactive ketones (excluding diaryl/α,β-unsaturated/α-hetero) is 1. The van der Waals surface area contributed by atoms with Gasteiger partial charge in [0.15, 0.2) is 23.0 Å². The first-order chi connectivity index (χ1) is 19.1. The van der Waals surface area contributed by atoms with Crippen LogP contribution in [-0.4, -0.2) is 57.5 Å². The molecule has 40 heavy (non-hydrogen) atoms. The number of ether oxygens (including phenoxy) is 5. The smallest absolute Gasteiger partial charge is 0.300 e. The van der Waals surface area contributed by atoms with Gasteiger partial charge in [0.05, 0.1) is 63.4 Å². The number of carbonyl (C=O) groups is 2. The molecule has 4 rings (SSSR count). The molecule has 210 valence electrons. The Labute approximate surface area is 239 Å². The Bertz CT molecular complexity index is 1510. The Morgan fingerprint density at radius 2 is 1.40 bits per heavy atom. The van der Waals surface area contributed by atoms with E-state index in [1.807, 2.05) is 0 Å². The second-order valence-corrected chi connectivity index (χ2v) is 9.19. The standard InChI is InChI=1S/C28H25Cl2NO9/c1-36-18-10-13(11-19(37-2)27(18)40-5)22-20(24(34)28(35)31(22)16-8-6-7-9-17(16)32)23(33)14-12-15(29)26(39-4)21(30)25(14)38-3/h6-12,22,32-33H,1-5H3/b23-20+. The van der Waals surface area contributed by atoms with Gasteiger partial charge >= 0.3 is 0 Å². The molecule has 1 atom stereocenters. The molecule has 1 amide bonds. The van der Waals surface area contributed by atoms with E-state index in [2.05, 4.69) is 0 Å². The van der Waals surface area contributed by atoms with E-state index in [0.717, 1.165) is 4.90 Å². The van der Waals surface area contributed by atoms with Crippen molar-refractivity contribution in [2.24, 2.45) is 0 Å². The lowest BCUT2D eigenvalue weighted by molar-refractivity contribution is -0.132. The fourth-order valence-corrected chi connectivity index (χ4v) is 5.30. The highest BCUT2D eigenvalue weighted by molar-refractivity contribution is 6.52. The number of carbonyl (C=O) groups excluding carboxylic acids is 2. The Morgan fingerprint density at radius 3 is 1.93 bits per heavy atom. The first-order valence-corrected chi connectivity index (χ1v) is 12.4. The van der Waals surface area contributed by atoms with Crippen LogP contribution in [0.25, 0.3) is 5.76 Å². The summed E-state index contributed by atoms with van der Waals surface area (Å²) in [5.74, 6) is -2.17. The highest BCUT2D eigenvalue weighted by atomic mass is 35.5. The van der Waals surface area contributed by atoms with E-state index >= 15 is 0 Å². The zero-order valence-electron chi connectivity index (χ0n) is 22.1. The van der Waals surface area contributed by atoms with Crippen molar-refractivity contribution in [3.8, 4) is 34.5 Å². The number of nitrogens with zero attached hydrogens (tertiary/aromatic N) is 1. The molecule has 1 unspecified atom stereocenters. The van der Waals surface area contributed by atoms with Crippen LogP contribution in [0.2, 0.25) is 10.0 Å². The second-order valence-electron chi connectivity index (χ2n) is 8.40. The van der Waals surface area contributed by atoms with E-state index in [0.29, 0.717) is 5.56 Å². The molecule has 0 aliphatic carbocycles. The van der Waals surface area contributed by atoms with Gasteiger partial charge in [0.2, 0.25) is 5.75 Å².